The highest BCUT2D eigenvalue weighted by molar-refractivity contribution is 4.94. The molecule has 0 bridgehead atoms. The van der Waals surface area contributed by atoms with Crippen molar-refractivity contribution in [2.45, 2.75) is 19.9 Å². The van der Waals surface area contributed by atoms with Gasteiger partial charge in [0.05, 0.1) is 6.54 Å². The fourth-order valence-corrected chi connectivity index (χ4v) is 0.810. The van der Waals surface area contributed by atoms with Crippen LogP contribution in [0.2, 0.25) is 0 Å². The van der Waals surface area contributed by atoms with Gasteiger partial charge in [-0.2, -0.15) is 0 Å². The number of nitrogens with zero attached hydrogens (tertiary/aromatic N) is 2. The first-order valence-electron chi connectivity index (χ1n) is 3.29. The Kier molecular flexibility index (Phi) is 2.42. The minimum Gasteiger partial charge on any atom is -0.322 e. The first-order chi connectivity index (χ1) is 4.88. The molecule has 0 fully saturated rings. The number of imidazole rings is 1. The summed E-state index contributed by atoms with van der Waals surface area (Å²) in [4.78, 5) is 3.66. The van der Waals surface area contributed by atoms with E-state index in [0.717, 1.165) is 12.1 Å². The Morgan fingerprint density at radius 2 is 2.50 bits per heavy atom. The third-order valence-electron chi connectivity index (χ3n) is 1.32. The molecule has 10 heavy (non-hydrogen) atoms. The van der Waals surface area contributed by atoms with E-state index >= 15 is 0 Å². The first-order valence-corrected chi connectivity index (χ1v) is 3.29. The number of alkyl halides is 1. The normalized spacial score (nSPS) is 10.2. The highest BCUT2D eigenvalue weighted by Gasteiger charge is 1.98. The van der Waals surface area contributed by atoms with E-state index in [2.05, 4.69) is 17.5 Å². The Balaban J connectivity index is 2.70. The average Bonchev–Trinajstić information content (AvgIpc) is 2.36. The number of rotatable bonds is 3. The third kappa shape index (κ3) is 1.35. The molecule has 1 aromatic heterocycles. The van der Waals surface area contributed by atoms with Crippen molar-refractivity contribution in [3.8, 4) is 0 Å². The lowest BCUT2D eigenvalue weighted by atomic mass is 10.4. The molecule has 0 saturated heterocycles. The van der Waals surface area contributed by atoms with E-state index in [4.69, 9.17) is 0 Å². The third-order valence-corrected chi connectivity index (χ3v) is 1.32. The minimum absolute atomic E-state index is 0.347. The Morgan fingerprint density at radius 3 is 3.10 bits per heavy atom. The molecule has 3 heteroatoms. The molecule has 54 valence electrons. The van der Waals surface area contributed by atoms with Crippen molar-refractivity contribution >= 4 is 0 Å². The fraction of sp³-hybridized carbons (Fsp3) is 0.571. The molecule has 0 aliphatic rings. The monoisotopic (exact) mass is 140 g/mol. The van der Waals surface area contributed by atoms with E-state index in [1.807, 2.05) is 6.92 Å². The molecule has 1 heterocycles. The molecule has 0 amide bonds. The molecule has 0 aliphatic heterocycles. The predicted octanol–water partition coefficient (Wildman–Crippen LogP) is 1.02. The van der Waals surface area contributed by atoms with Gasteiger partial charge in [0.15, 0.2) is 6.33 Å². The van der Waals surface area contributed by atoms with Gasteiger partial charge in [-0.1, -0.05) is 6.92 Å². The Bertz CT molecular complexity index is 195. The van der Waals surface area contributed by atoms with Crippen LogP contribution < -0.4 is 0 Å². The van der Waals surface area contributed by atoms with Gasteiger partial charge in [-0.25, -0.2) is 9.37 Å². The van der Waals surface area contributed by atoms with Gasteiger partial charge >= 0.3 is 0 Å². The number of hydrogen-bond acceptors (Lipinski definition) is 1. The molecule has 1 rings (SSSR count). The number of aromatic nitrogens is 2. The smallest absolute Gasteiger partial charge is 0.177 e. The molecule has 0 spiro atoms. The maximum atomic E-state index is 11.8. The summed E-state index contributed by atoms with van der Waals surface area (Å²) in [6, 6.07) is 0. The van der Waals surface area contributed by atoms with E-state index in [9.17, 15) is 4.39 Å². The van der Waals surface area contributed by atoms with Crippen LogP contribution in [0.3, 0.4) is 0 Å². The van der Waals surface area contributed by atoms with Gasteiger partial charge in [0.25, 0.3) is 0 Å². The zero-order valence-electron chi connectivity index (χ0n) is 5.89. The summed E-state index contributed by atoms with van der Waals surface area (Å²) in [5.74, 6) is 0. The molecule has 0 atom stereocenters. The minimum atomic E-state index is -0.367. The van der Waals surface area contributed by atoms with Crippen LogP contribution in [0.15, 0.2) is 0 Å². The maximum Gasteiger partial charge on any atom is 0.177 e. The van der Waals surface area contributed by atoms with Gasteiger partial charge in [-0.3, -0.25) is 0 Å². The van der Waals surface area contributed by atoms with E-state index < -0.39 is 0 Å². The van der Waals surface area contributed by atoms with Gasteiger partial charge in [0.2, 0.25) is 0 Å². The van der Waals surface area contributed by atoms with Crippen molar-refractivity contribution in [3.63, 3.8) is 0 Å². The van der Waals surface area contributed by atoms with E-state index in [1.54, 1.807) is 4.57 Å². The van der Waals surface area contributed by atoms with Crippen LogP contribution in [-0.2, 0) is 13.0 Å². The molecular formula is C7H9FN2. The van der Waals surface area contributed by atoms with Crippen molar-refractivity contribution in [1.29, 1.82) is 0 Å². The molecule has 2 nitrogen and oxygen atoms in total. The number of hydrogen-bond donors (Lipinski definition) is 0. The topological polar surface area (TPSA) is 17.8 Å². The van der Waals surface area contributed by atoms with Crippen LogP contribution in [-0.4, -0.2) is 16.2 Å². The van der Waals surface area contributed by atoms with Crippen LogP contribution in [0.5, 0.6) is 0 Å². The molecule has 0 N–H and O–H groups in total. The van der Waals surface area contributed by atoms with Crippen LogP contribution >= 0.6 is 0 Å². The van der Waals surface area contributed by atoms with E-state index in [0.29, 0.717) is 6.54 Å². The lowest BCUT2D eigenvalue weighted by Crippen LogP contribution is -2.02. The van der Waals surface area contributed by atoms with Crippen molar-refractivity contribution in [3.05, 3.63) is 18.2 Å². The summed E-state index contributed by atoms with van der Waals surface area (Å²) in [7, 11) is 0. The summed E-state index contributed by atoms with van der Waals surface area (Å²) in [6.07, 6.45) is 6.19. The Labute approximate surface area is 59.7 Å². The lowest BCUT2D eigenvalue weighted by Gasteiger charge is -1.99. The summed E-state index contributed by atoms with van der Waals surface area (Å²) in [6.45, 7) is 1.96. The highest BCUT2D eigenvalue weighted by atomic mass is 19.1. The molecule has 0 aliphatic carbocycles. The number of aryl methyl sites for hydroxylation is 2. The zero-order chi connectivity index (χ0) is 7.40. The van der Waals surface area contributed by atoms with Gasteiger partial charge in [0.1, 0.15) is 12.9 Å². The summed E-state index contributed by atoms with van der Waals surface area (Å²) in [5.41, 5.74) is 0.914. The molecule has 2 radical (unpaired) electrons. The summed E-state index contributed by atoms with van der Waals surface area (Å²) < 4.78 is 13.4. The average molecular weight is 140 g/mol. The van der Waals surface area contributed by atoms with Crippen LogP contribution in [0.4, 0.5) is 4.39 Å². The van der Waals surface area contributed by atoms with Gasteiger partial charge < -0.3 is 4.57 Å². The second kappa shape index (κ2) is 3.34. The highest BCUT2D eigenvalue weighted by Crippen LogP contribution is 1.97. The van der Waals surface area contributed by atoms with Crippen molar-refractivity contribution in [2.75, 3.05) is 6.67 Å². The summed E-state index contributed by atoms with van der Waals surface area (Å²) >= 11 is 0. The van der Waals surface area contributed by atoms with Crippen LogP contribution in [0, 0.1) is 12.5 Å². The van der Waals surface area contributed by atoms with Crippen molar-refractivity contribution in [2.24, 2.45) is 0 Å². The van der Waals surface area contributed by atoms with Crippen molar-refractivity contribution < 1.29 is 4.39 Å². The molecule has 0 aromatic carbocycles. The fourth-order valence-electron chi connectivity index (χ4n) is 0.810. The predicted molar refractivity (Wildman–Crippen MR) is 35.3 cm³/mol. The van der Waals surface area contributed by atoms with Crippen LogP contribution in [0.25, 0.3) is 0 Å². The van der Waals surface area contributed by atoms with E-state index in [1.165, 1.54) is 0 Å². The lowest BCUT2D eigenvalue weighted by molar-refractivity contribution is 0.439. The molecule has 0 unspecified atom stereocenters. The van der Waals surface area contributed by atoms with Crippen molar-refractivity contribution in [1.82, 2.24) is 9.55 Å². The summed E-state index contributed by atoms with van der Waals surface area (Å²) in [5, 5.41) is 0. The van der Waals surface area contributed by atoms with E-state index in [-0.39, 0.29) is 6.67 Å². The van der Waals surface area contributed by atoms with Crippen LogP contribution in [0.1, 0.15) is 12.6 Å². The Hall–Kier alpha value is -0.860. The zero-order valence-corrected chi connectivity index (χ0v) is 5.89. The largest absolute Gasteiger partial charge is 0.322 e. The molecule has 1 aromatic rings. The first kappa shape index (κ1) is 7.25. The standard InChI is InChI=1S/C7H9FN2/c1-2-7-5-9-6-10(7)4-3-8/h2-4H2,1H3. The maximum absolute atomic E-state index is 11.8. The Morgan fingerprint density at radius 1 is 1.70 bits per heavy atom. The molecular weight excluding hydrogens is 131 g/mol. The molecule has 0 saturated carbocycles. The number of halogens is 1. The van der Waals surface area contributed by atoms with Gasteiger partial charge in [0, 0.05) is 5.69 Å². The van der Waals surface area contributed by atoms with Gasteiger partial charge in [-0.05, 0) is 6.42 Å². The second-order valence-electron chi connectivity index (χ2n) is 1.96. The quantitative estimate of drug-likeness (QED) is 0.612. The second-order valence-corrected chi connectivity index (χ2v) is 1.96. The van der Waals surface area contributed by atoms with Gasteiger partial charge in [-0.15, -0.1) is 0 Å². The SMILES string of the molecule is CCc1[c]n[c]n1CCF.